The van der Waals surface area contributed by atoms with Gasteiger partial charge in [-0.25, -0.2) is 9.59 Å². The number of alkyl carbamates (subject to hydrolysis) is 1. The molecule has 0 bridgehead atoms. The molecule has 2 N–H and O–H groups in total. The molecular weight excluding hydrogens is 434 g/mol. The Morgan fingerprint density at radius 2 is 1.70 bits per heavy atom. The molecule has 2 aromatic rings. The van der Waals surface area contributed by atoms with Crippen molar-refractivity contribution in [3.63, 3.8) is 0 Å². The van der Waals surface area contributed by atoms with Gasteiger partial charge in [0.25, 0.3) is 5.91 Å². The molecule has 7 nitrogen and oxygen atoms in total. The fourth-order valence-corrected chi connectivity index (χ4v) is 4.62. The Morgan fingerprint density at radius 1 is 1.12 bits per heavy atom. The maximum absolute atomic E-state index is 14.5. The summed E-state index contributed by atoms with van der Waals surface area (Å²) in [7, 11) is 0. The van der Waals surface area contributed by atoms with Crippen molar-refractivity contribution in [2.45, 2.75) is 37.1 Å². The molecule has 9 heteroatoms. The normalized spacial score (nSPS) is 19.7. The van der Waals surface area contributed by atoms with Gasteiger partial charge in [-0.15, -0.1) is 0 Å². The molecule has 2 amide bonds. The highest BCUT2D eigenvalue weighted by molar-refractivity contribution is 5.91. The number of benzene rings is 2. The summed E-state index contributed by atoms with van der Waals surface area (Å²) in [5.74, 6) is -7.16. The predicted molar refractivity (Wildman–Crippen MR) is 115 cm³/mol. The van der Waals surface area contributed by atoms with Crippen LogP contribution in [0.4, 0.5) is 13.6 Å². The van der Waals surface area contributed by atoms with E-state index in [1.807, 2.05) is 53.8 Å². The number of hydrogen-bond acceptors (Lipinski definition) is 4. The van der Waals surface area contributed by atoms with Crippen molar-refractivity contribution >= 4 is 18.0 Å². The Balaban J connectivity index is 1.37. The van der Waals surface area contributed by atoms with Crippen LogP contribution in [0.5, 0.6) is 0 Å². The minimum absolute atomic E-state index is 0.0530. The predicted octanol–water partition coefficient (Wildman–Crippen LogP) is 3.63. The molecule has 0 unspecified atom stereocenters. The van der Waals surface area contributed by atoms with Crippen LogP contribution in [0.3, 0.4) is 0 Å². The third-order valence-electron chi connectivity index (χ3n) is 6.46. The van der Waals surface area contributed by atoms with Crippen molar-refractivity contribution in [2.75, 3.05) is 19.7 Å². The third-order valence-corrected chi connectivity index (χ3v) is 6.46. The van der Waals surface area contributed by atoms with E-state index < -0.39 is 36.0 Å². The van der Waals surface area contributed by atoms with Crippen LogP contribution in [-0.2, 0) is 14.3 Å². The van der Waals surface area contributed by atoms with Gasteiger partial charge in [-0.3, -0.25) is 4.79 Å². The number of rotatable bonds is 6. The molecule has 0 aromatic heterocycles. The summed E-state index contributed by atoms with van der Waals surface area (Å²) in [5.41, 5.74) is 2.34. The van der Waals surface area contributed by atoms with Crippen LogP contribution in [-0.4, -0.2) is 59.1 Å². The van der Waals surface area contributed by atoms with Gasteiger partial charge in [-0.1, -0.05) is 48.5 Å². The number of halogens is 2. The van der Waals surface area contributed by atoms with E-state index in [0.29, 0.717) is 11.3 Å². The number of carboxylic acids is 1. The van der Waals surface area contributed by atoms with Crippen molar-refractivity contribution in [3.05, 3.63) is 59.7 Å². The monoisotopic (exact) mass is 458 g/mol. The summed E-state index contributed by atoms with van der Waals surface area (Å²) >= 11 is 0. The highest BCUT2D eigenvalue weighted by Gasteiger charge is 2.53. The van der Waals surface area contributed by atoms with Crippen molar-refractivity contribution < 1.29 is 33.0 Å². The Kier molecular flexibility index (Phi) is 5.82. The lowest BCUT2D eigenvalue weighted by Gasteiger charge is -2.33. The van der Waals surface area contributed by atoms with Crippen LogP contribution in [0.15, 0.2) is 48.5 Å². The molecule has 0 radical (unpaired) electrons. The molecule has 1 atom stereocenters. The SMILES string of the molecule is C[C@@]1(C(=O)O)CCCN1C(=O)C(F)(F)CNC(=O)OCC1c2ccccc2-c2ccccc21. The summed E-state index contributed by atoms with van der Waals surface area (Å²) in [5, 5.41) is 11.3. The van der Waals surface area contributed by atoms with Gasteiger partial charge in [0.2, 0.25) is 0 Å². The molecule has 0 saturated carbocycles. The summed E-state index contributed by atoms with van der Waals surface area (Å²) in [4.78, 5) is 36.7. The van der Waals surface area contributed by atoms with Crippen LogP contribution in [0.25, 0.3) is 11.1 Å². The second-order valence-electron chi connectivity index (χ2n) is 8.52. The fourth-order valence-electron chi connectivity index (χ4n) is 4.62. The molecule has 1 aliphatic heterocycles. The van der Waals surface area contributed by atoms with Gasteiger partial charge < -0.3 is 20.1 Å². The number of aliphatic carboxylic acids is 1. The van der Waals surface area contributed by atoms with Gasteiger partial charge in [0, 0.05) is 12.5 Å². The molecule has 0 spiro atoms. The van der Waals surface area contributed by atoms with Crippen molar-refractivity contribution in [1.29, 1.82) is 0 Å². The zero-order valence-corrected chi connectivity index (χ0v) is 18.0. The van der Waals surface area contributed by atoms with Crippen molar-refractivity contribution in [3.8, 4) is 11.1 Å². The first kappa shape index (κ1) is 22.7. The lowest BCUT2D eigenvalue weighted by atomic mass is 9.98. The first-order valence-corrected chi connectivity index (χ1v) is 10.7. The lowest BCUT2D eigenvalue weighted by Crippen LogP contribution is -2.58. The van der Waals surface area contributed by atoms with Gasteiger partial charge in [0.1, 0.15) is 12.1 Å². The summed E-state index contributed by atoms with van der Waals surface area (Å²) in [6.07, 6.45) is -0.680. The van der Waals surface area contributed by atoms with Crippen LogP contribution in [0, 0.1) is 0 Å². The van der Waals surface area contributed by atoms with E-state index in [9.17, 15) is 28.3 Å². The molecule has 1 fully saturated rings. The Bertz CT molecular complexity index is 1060. The first-order chi connectivity index (χ1) is 15.6. The third kappa shape index (κ3) is 4.03. The van der Waals surface area contributed by atoms with Gasteiger partial charge in [-0.2, -0.15) is 8.78 Å². The molecular formula is C24H24F2N2O5. The first-order valence-electron chi connectivity index (χ1n) is 10.7. The molecule has 2 aromatic carbocycles. The topological polar surface area (TPSA) is 95.9 Å². The number of alkyl halides is 2. The number of hydrogen-bond donors (Lipinski definition) is 2. The zero-order valence-electron chi connectivity index (χ0n) is 18.0. The smallest absolute Gasteiger partial charge is 0.407 e. The van der Waals surface area contributed by atoms with E-state index in [2.05, 4.69) is 0 Å². The van der Waals surface area contributed by atoms with Gasteiger partial charge in [0.15, 0.2) is 0 Å². The standard InChI is InChI=1S/C24H24F2N2O5/c1-23(21(30)31)11-6-12-28(23)20(29)24(25,26)14-27-22(32)33-13-19-17-9-4-2-7-15(17)16-8-3-5-10-18(16)19/h2-5,7-10,19H,6,11-14H2,1H3,(H,27,32)(H,30,31)/t23-/m0/s1. The van der Waals surface area contributed by atoms with E-state index >= 15 is 0 Å². The Labute approximate surface area is 189 Å². The average Bonchev–Trinajstić information content (AvgIpc) is 3.35. The van der Waals surface area contributed by atoms with E-state index in [1.54, 1.807) is 0 Å². The zero-order chi connectivity index (χ0) is 23.8. The Morgan fingerprint density at radius 3 is 2.27 bits per heavy atom. The molecule has 33 heavy (non-hydrogen) atoms. The second kappa shape index (κ2) is 8.46. The van der Waals surface area contributed by atoms with Crippen LogP contribution in [0.2, 0.25) is 0 Å². The van der Waals surface area contributed by atoms with E-state index in [1.165, 1.54) is 6.92 Å². The average molecular weight is 458 g/mol. The van der Waals surface area contributed by atoms with Crippen LogP contribution < -0.4 is 5.32 Å². The number of carboxylic acid groups (broad SMARTS) is 1. The number of amides is 2. The van der Waals surface area contributed by atoms with E-state index in [-0.39, 0.29) is 25.5 Å². The Hall–Kier alpha value is -3.49. The minimum atomic E-state index is -3.97. The number of likely N-dealkylation sites (tertiary alicyclic amines) is 1. The van der Waals surface area contributed by atoms with Gasteiger partial charge in [0.05, 0.1) is 6.54 Å². The molecule has 174 valence electrons. The fraction of sp³-hybridized carbons (Fsp3) is 0.375. The van der Waals surface area contributed by atoms with Crippen LogP contribution in [0.1, 0.15) is 36.8 Å². The van der Waals surface area contributed by atoms with Crippen LogP contribution >= 0.6 is 0 Å². The summed E-state index contributed by atoms with van der Waals surface area (Å²) < 4.78 is 34.3. The number of carbonyl (C=O) groups is 3. The highest BCUT2D eigenvalue weighted by atomic mass is 19.3. The largest absolute Gasteiger partial charge is 0.480 e. The number of fused-ring (bicyclic) bond motifs is 3. The second-order valence-corrected chi connectivity index (χ2v) is 8.52. The molecule has 1 heterocycles. The van der Waals surface area contributed by atoms with E-state index in [0.717, 1.165) is 22.3 Å². The number of carbonyl (C=O) groups excluding carboxylic acids is 2. The lowest BCUT2D eigenvalue weighted by molar-refractivity contribution is -0.168. The number of nitrogens with one attached hydrogen (secondary N) is 1. The summed E-state index contributed by atoms with van der Waals surface area (Å²) in [6, 6.07) is 15.4. The molecule has 2 aliphatic rings. The number of nitrogens with zero attached hydrogens (tertiary/aromatic N) is 1. The van der Waals surface area contributed by atoms with Gasteiger partial charge in [-0.05, 0) is 42.0 Å². The maximum atomic E-state index is 14.5. The quantitative estimate of drug-likeness (QED) is 0.689. The highest BCUT2D eigenvalue weighted by Crippen LogP contribution is 2.44. The molecule has 4 rings (SSSR count). The summed E-state index contributed by atoms with van der Waals surface area (Å²) in [6.45, 7) is -0.172. The maximum Gasteiger partial charge on any atom is 0.407 e. The van der Waals surface area contributed by atoms with Gasteiger partial charge >= 0.3 is 18.0 Å². The van der Waals surface area contributed by atoms with Crippen molar-refractivity contribution in [2.24, 2.45) is 0 Å². The van der Waals surface area contributed by atoms with Crippen molar-refractivity contribution in [1.82, 2.24) is 10.2 Å². The minimum Gasteiger partial charge on any atom is -0.480 e. The molecule has 1 aliphatic carbocycles. The molecule has 1 saturated heterocycles. The van der Waals surface area contributed by atoms with E-state index in [4.69, 9.17) is 4.74 Å². The number of ether oxygens (including phenoxy) is 1.